The normalized spacial score (nSPS) is 11.6. The SMILES string of the molecule is COC(C(=O)NCc1ccc(C(=N)N)cc1)c1c(F)ccc(OCc2ccccn2)c1F. The molecule has 0 aliphatic rings. The molecular weight excluding hydrogens is 418 g/mol. The molecule has 0 aliphatic carbocycles. The summed E-state index contributed by atoms with van der Waals surface area (Å²) < 4.78 is 40.1. The van der Waals surface area contributed by atoms with Crippen molar-refractivity contribution in [3.05, 3.63) is 94.8 Å². The fraction of sp³-hybridized carbons (Fsp3) is 0.174. The number of hydrogen-bond donors (Lipinski definition) is 3. The minimum Gasteiger partial charge on any atom is -0.484 e. The second kappa shape index (κ2) is 10.5. The number of benzene rings is 2. The van der Waals surface area contributed by atoms with Gasteiger partial charge in [0.1, 0.15) is 18.3 Å². The van der Waals surface area contributed by atoms with Crippen molar-refractivity contribution in [1.82, 2.24) is 10.3 Å². The number of carbonyl (C=O) groups is 1. The molecule has 3 rings (SSSR count). The molecule has 0 radical (unpaired) electrons. The molecule has 1 atom stereocenters. The minimum atomic E-state index is -1.52. The first-order valence-corrected chi connectivity index (χ1v) is 9.65. The molecule has 7 nitrogen and oxygen atoms in total. The second-order valence-corrected chi connectivity index (χ2v) is 6.83. The molecule has 1 aromatic heterocycles. The molecule has 0 saturated carbocycles. The Hall–Kier alpha value is -3.85. The van der Waals surface area contributed by atoms with Gasteiger partial charge in [-0.3, -0.25) is 15.2 Å². The largest absolute Gasteiger partial charge is 0.484 e. The van der Waals surface area contributed by atoms with Gasteiger partial charge in [0.25, 0.3) is 5.91 Å². The third-order valence-corrected chi connectivity index (χ3v) is 4.66. The summed E-state index contributed by atoms with van der Waals surface area (Å²) in [6.45, 7) is 0.0684. The maximum absolute atomic E-state index is 15.0. The first-order valence-electron chi connectivity index (χ1n) is 9.65. The zero-order valence-corrected chi connectivity index (χ0v) is 17.3. The Morgan fingerprint density at radius 3 is 2.53 bits per heavy atom. The van der Waals surface area contributed by atoms with Gasteiger partial charge in [0.15, 0.2) is 17.7 Å². The molecule has 0 saturated heterocycles. The van der Waals surface area contributed by atoms with Crippen molar-refractivity contribution in [2.45, 2.75) is 19.3 Å². The molecule has 2 aromatic carbocycles. The monoisotopic (exact) mass is 440 g/mol. The van der Waals surface area contributed by atoms with Crippen LogP contribution < -0.4 is 15.8 Å². The highest BCUT2D eigenvalue weighted by molar-refractivity contribution is 5.94. The molecule has 32 heavy (non-hydrogen) atoms. The lowest BCUT2D eigenvalue weighted by Gasteiger charge is -2.18. The molecule has 3 aromatic rings. The van der Waals surface area contributed by atoms with Crippen LogP contribution in [0.5, 0.6) is 5.75 Å². The number of amidine groups is 1. The molecule has 0 fully saturated rings. The number of hydrogen-bond acceptors (Lipinski definition) is 5. The van der Waals surface area contributed by atoms with E-state index in [2.05, 4.69) is 10.3 Å². The Labute approximate surface area is 183 Å². The third kappa shape index (κ3) is 5.44. The summed E-state index contributed by atoms with van der Waals surface area (Å²) >= 11 is 0. The number of aromatic nitrogens is 1. The van der Waals surface area contributed by atoms with Crippen LogP contribution in [0.3, 0.4) is 0 Å². The van der Waals surface area contributed by atoms with Gasteiger partial charge < -0.3 is 20.5 Å². The van der Waals surface area contributed by atoms with Crippen LogP contribution in [0.4, 0.5) is 8.78 Å². The van der Waals surface area contributed by atoms with E-state index in [9.17, 15) is 9.18 Å². The number of nitrogens with two attached hydrogens (primary N) is 1. The zero-order valence-electron chi connectivity index (χ0n) is 17.3. The highest BCUT2D eigenvalue weighted by Crippen LogP contribution is 2.30. The van der Waals surface area contributed by atoms with E-state index >= 15 is 4.39 Å². The van der Waals surface area contributed by atoms with Gasteiger partial charge in [-0.1, -0.05) is 30.3 Å². The number of amides is 1. The van der Waals surface area contributed by atoms with Crippen molar-refractivity contribution in [2.75, 3.05) is 7.11 Å². The van der Waals surface area contributed by atoms with Gasteiger partial charge in [-0.25, -0.2) is 8.78 Å². The molecule has 0 bridgehead atoms. The average molecular weight is 440 g/mol. The van der Waals surface area contributed by atoms with Gasteiger partial charge >= 0.3 is 0 Å². The van der Waals surface area contributed by atoms with E-state index in [1.807, 2.05) is 0 Å². The quantitative estimate of drug-likeness (QED) is 0.350. The Balaban J connectivity index is 1.73. The number of pyridine rings is 1. The number of halogens is 2. The van der Waals surface area contributed by atoms with Crippen LogP contribution in [-0.4, -0.2) is 23.8 Å². The lowest BCUT2D eigenvalue weighted by atomic mass is 10.1. The summed E-state index contributed by atoms with van der Waals surface area (Å²) in [5.74, 6) is -2.96. The number of nitrogens with zero attached hydrogens (tertiary/aromatic N) is 1. The lowest BCUT2D eigenvalue weighted by molar-refractivity contribution is -0.131. The number of ether oxygens (including phenoxy) is 2. The topological polar surface area (TPSA) is 110 Å². The van der Waals surface area contributed by atoms with Crippen molar-refractivity contribution < 1.29 is 23.0 Å². The van der Waals surface area contributed by atoms with Crippen molar-refractivity contribution >= 4 is 11.7 Å². The van der Waals surface area contributed by atoms with E-state index in [1.54, 1.807) is 48.7 Å². The van der Waals surface area contributed by atoms with Crippen LogP contribution in [0.1, 0.15) is 28.5 Å². The van der Waals surface area contributed by atoms with Crippen LogP contribution >= 0.6 is 0 Å². The van der Waals surface area contributed by atoms with Crippen LogP contribution in [0.15, 0.2) is 60.8 Å². The molecule has 1 heterocycles. The maximum Gasteiger partial charge on any atom is 0.254 e. The van der Waals surface area contributed by atoms with Crippen molar-refractivity contribution in [1.29, 1.82) is 5.41 Å². The van der Waals surface area contributed by atoms with Gasteiger partial charge in [0, 0.05) is 25.4 Å². The van der Waals surface area contributed by atoms with E-state index < -0.39 is 29.2 Å². The molecule has 4 N–H and O–H groups in total. The van der Waals surface area contributed by atoms with Crippen molar-refractivity contribution in [3.63, 3.8) is 0 Å². The molecule has 1 unspecified atom stereocenters. The number of nitrogens with one attached hydrogen (secondary N) is 2. The zero-order chi connectivity index (χ0) is 23.1. The smallest absolute Gasteiger partial charge is 0.254 e. The number of carbonyl (C=O) groups excluding carboxylic acids is 1. The van der Waals surface area contributed by atoms with Crippen LogP contribution in [0.25, 0.3) is 0 Å². The van der Waals surface area contributed by atoms with Gasteiger partial charge in [-0.15, -0.1) is 0 Å². The van der Waals surface area contributed by atoms with Crippen molar-refractivity contribution in [2.24, 2.45) is 5.73 Å². The fourth-order valence-electron chi connectivity index (χ4n) is 2.98. The van der Waals surface area contributed by atoms with E-state index in [4.69, 9.17) is 20.6 Å². The molecule has 0 spiro atoms. The number of methoxy groups -OCH3 is 1. The van der Waals surface area contributed by atoms with Gasteiger partial charge in [-0.05, 0) is 29.8 Å². The Kier molecular flexibility index (Phi) is 7.45. The van der Waals surface area contributed by atoms with E-state index in [1.165, 1.54) is 7.11 Å². The Bertz CT molecular complexity index is 1090. The highest BCUT2D eigenvalue weighted by Gasteiger charge is 2.29. The Morgan fingerprint density at radius 2 is 1.91 bits per heavy atom. The number of nitrogen functional groups attached to an aromatic ring is 1. The first-order chi connectivity index (χ1) is 15.4. The molecule has 9 heteroatoms. The minimum absolute atomic E-state index is 0.0249. The number of rotatable bonds is 9. The Morgan fingerprint density at radius 1 is 1.16 bits per heavy atom. The van der Waals surface area contributed by atoms with E-state index in [0.717, 1.165) is 12.1 Å². The summed E-state index contributed by atoms with van der Waals surface area (Å²) in [7, 11) is 1.19. The summed E-state index contributed by atoms with van der Waals surface area (Å²) in [5, 5.41) is 9.99. The van der Waals surface area contributed by atoms with Crippen LogP contribution in [0, 0.1) is 17.0 Å². The van der Waals surface area contributed by atoms with Gasteiger partial charge in [-0.2, -0.15) is 0 Å². The predicted octanol–water partition coefficient (Wildman–Crippen LogP) is 3.23. The third-order valence-electron chi connectivity index (χ3n) is 4.66. The molecule has 0 aliphatic heterocycles. The second-order valence-electron chi connectivity index (χ2n) is 6.83. The van der Waals surface area contributed by atoms with Gasteiger partial charge in [0.2, 0.25) is 0 Å². The van der Waals surface area contributed by atoms with Crippen molar-refractivity contribution in [3.8, 4) is 5.75 Å². The predicted molar refractivity (Wildman–Crippen MR) is 114 cm³/mol. The van der Waals surface area contributed by atoms with Crippen LogP contribution in [0.2, 0.25) is 0 Å². The molecular formula is C23H22F2N4O3. The summed E-state index contributed by atoms with van der Waals surface area (Å²) in [6, 6.07) is 14.0. The van der Waals surface area contributed by atoms with Gasteiger partial charge in [0.05, 0.1) is 11.3 Å². The molecule has 166 valence electrons. The first kappa shape index (κ1) is 22.8. The lowest BCUT2D eigenvalue weighted by Crippen LogP contribution is -2.31. The average Bonchev–Trinajstić information content (AvgIpc) is 2.80. The van der Waals surface area contributed by atoms with Crippen LogP contribution in [-0.2, 0) is 22.7 Å². The molecule has 1 amide bonds. The summed E-state index contributed by atoms with van der Waals surface area (Å²) in [5.41, 5.74) is 6.69. The maximum atomic E-state index is 15.0. The summed E-state index contributed by atoms with van der Waals surface area (Å²) in [4.78, 5) is 16.7. The summed E-state index contributed by atoms with van der Waals surface area (Å²) in [6.07, 6.45) is 0.0503. The van der Waals surface area contributed by atoms with E-state index in [-0.39, 0.29) is 24.7 Å². The standard InChI is InChI=1S/C23H22F2N4O3/c1-31-21(23(30)29-12-14-5-7-15(8-6-14)22(26)27)19-17(24)9-10-18(20(19)25)32-13-16-4-2-3-11-28-16/h2-11,21H,12-13H2,1H3,(H3,26,27)(H,29,30). The fourth-order valence-corrected chi connectivity index (χ4v) is 2.98. The highest BCUT2D eigenvalue weighted by atomic mass is 19.1. The van der Waals surface area contributed by atoms with E-state index in [0.29, 0.717) is 16.8 Å².